The molecule has 0 fully saturated rings. The molecule has 0 saturated carbocycles. The normalized spacial score (nSPS) is 11.7. The molecule has 0 unspecified atom stereocenters. The molecule has 1 aromatic carbocycles. The third kappa shape index (κ3) is 6.43. The van der Waals surface area contributed by atoms with Crippen molar-refractivity contribution in [2.45, 2.75) is 25.7 Å². The fraction of sp³-hybridized carbons (Fsp3) is 0.333. The summed E-state index contributed by atoms with van der Waals surface area (Å²) in [5.41, 5.74) is 7.74. The maximum atomic E-state index is 13.0. The van der Waals surface area contributed by atoms with E-state index in [1.54, 1.807) is 18.3 Å². The van der Waals surface area contributed by atoms with Gasteiger partial charge in [0.05, 0.1) is 6.54 Å². The minimum Gasteiger partial charge on any atom is -0.370 e. The van der Waals surface area contributed by atoms with Crippen molar-refractivity contribution in [1.82, 2.24) is 10.3 Å². The minimum absolute atomic E-state index is 0. The van der Waals surface area contributed by atoms with Gasteiger partial charge in [-0.05, 0) is 29.8 Å². The average molecular weight is 442 g/mol. The van der Waals surface area contributed by atoms with Gasteiger partial charge in [0.15, 0.2) is 5.96 Å². The van der Waals surface area contributed by atoms with E-state index in [4.69, 9.17) is 5.73 Å². The molecule has 0 saturated heterocycles. The lowest BCUT2D eigenvalue weighted by Crippen LogP contribution is -2.35. The molecule has 0 atom stereocenters. The van der Waals surface area contributed by atoms with Crippen LogP contribution in [0.1, 0.15) is 25.1 Å². The van der Waals surface area contributed by atoms with Crippen LogP contribution in [0.4, 0.5) is 4.39 Å². The van der Waals surface area contributed by atoms with E-state index in [1.165, 1.54) is 12.1 Å². The van der Waals surface area contributed by atoms with Gasteiger partial charge in [-0.1, -0.05) is 32.0 Å². The Bertz CT molecular complexity index is 642. The van der Waals surface area contributed by atoms with Gasteiger partial charge in [-0.25, -0.2) is 4.39 Å². The molecular weight excluding hydrogens is 418 g/mol. The van der Waals surface area contributed by atoms with Crippen molar-refractivity contribution in [3.63, 3.8) is 0 Å². The highest BCUT2D eigenvalue weighted by atomic mass is 127. The zero-order valence-corrected chi connectivity index (χ0v) is 16.3. The number of rotatable bonds is 6. The first kappa shape index (κ1) is 20.3. The van der Waals surface area contributed by atoms with Crippen molar-refractivity contribution >= 4 is 29.9 Å². The second-order valence-corrected chi connectivity index (χ2v) is 6.09. The third-order valence-corrected chi connectivity index (χ3v) is 3.68. The monoisotopic (exact) mass is 442 g/mol. The molecule has 0 aliphatic carbocycles. The van der Waals surface area contributed by atoms with E-state index < -0.39 is 0 Å². The van der Waals surface area contributed by atoms with Gasteiger partial charge >= 0.3 is 0 Å². The quantitative estimate of drug-likeness (QED) is 0.410. The van der Waals surface area contributed by atoms with Gasteiger partial charge in [0.1, 0.15) is 5.82 Å². The summed E-state index contributed by atoms with van der Waals surface area (Å²) < 4.78 is 13.0. The summed E-state index contributed by atoms with van der Waals surface area (Å²) >= 11 is 0. The summed E-state index contributed by atoms with van der Waals surface area (Å²) in [5, 5.41) is 3.09. The van der Waals surface area contributed by atoms with Crippen LogP contribution in [0.2, 0.25) is 0 Å². The first-order chi connectivity index (χ1) is 11.0. The van der Waals surface area contributed by atoms with E-state index in [-0.39, 0.29) is 35.2 Å². The maximum absolute atomic E-state index is 13.0. The third-order valence-electron chi connectivity index (χ3n) is 3.68. The number of pyridine rings is 1. The number of nitrogens with zero attached hydrogens (tertiary/aromatic N) is 2. The van der Waals surface area contributed by atoms with Gasteiger partial charge in [0.25, 0.3) is 0 Å². The van der Waals surface area contributed by atoms with Crippen molar-refractivity contribution in [3.05, 3.63) is 65.7 Å². The summed E-state index contributed by atoms with van der Waals surface area (Å²) in [4.78, 5) is 8.65. The number of hydrogen-bond acceptors (Lipinski definition) is 2. The van der Waals surface area contributed by atoms with E-state index in [9.17, 15) is 4.39 Å². The van der Waals surface area contributed by atoms with Crippen LogP contribution < -0.4 is 11.1 Å². The van der Waals surface area contributed by atoms with Crippen LogP contribution in [0, 0.1) is 5.82 Å². The summed E-state index contributed by atoms with van der Waals surface area (Å²) in [5.74, 6) is 0.180. The molecule has 6 heteroatoms. The minimum atomic E-state index is -0.233. The number of hydrogen-bond donors (Lipinski definition) is 2. The van der Waals surface area contributed by atoms with Crippen LogP contribution in [-0.4, -0.2) is 24.0 Å². The Balaban J connectivity index is 0.00000288. The van der Waals surface area contributed by atoms with Gasteiger partial charge in [-0.3, -0.25) is 9.98 Å². The van der Waals surface area contributed by atoms with Crippen LogP contribution in [0.15, 0.2) is 53.7 Å². The molecule has 1 heterocycles. The number of halogens is 2. The number of benzene rings is 1. The van der Waals surface area contributed by atoms with E-state index in [1.807, 2.05) is 18.2 Å². The van der Waals surface area contributed by atoms with Crippen molar-refractivity contribution in [2.75, 3.05) is 13.1 Å². The molecule has 1 aromatic heterocycles. The summed E-state index contributed by atoms with van der Waals surface area (Å²) in [6.45, 7) is 5.33. The summed E-state index contributed by atoms with van der Waals surface area (Å²) in [6, 6.07) is 12.3. The highest BCUT2D eigenvalue weighted by molar-refractivity contribution is 14.0. The Morgan fingerprint density at radius 3 is 2.54 bits per heavy atom. The van der Waals surface area contributed by atoms with E-state index >= 15 is 0 Å². The largest absolute Gasteiger partial charge is 0.370 e. The number of aromatic nitrogens is 1. The van der Waals surface area contributed by atoms with Gasteiger partial charge in [0, 0.05) is 30.3 Å². The molecule has 2 aromatic rings. The van der Waals surface area contributed by atoms with E-state index in [2.05, 4.69) is 29.1 Å². The first-order valence-corrected chi connectivity index (χ1v) is 7.67. The average Bonchev–Trinajstić information content (AvgIpc) is 2.54. The topological polar surface area (TPSA) is 63.3 Å². The highest BCUT2D eigenvalue weighted by Gasteiger charge is 2.20. The number of nitrogens with two attached hydrogens (primary N) is 1. The zero-order valence-electron chi connectivity index (χ0n) is 14.0. The SMILES string of the molecule is CC(C)(CN=C(N)NCCc1ccccn1)c1ccc(F)cc1.I. The fourth-order valence-electron chi connectivity index (χ4n) is 2.20. The van der Waals surface area contributed by atoms with Gasteiger partial charge in [-0.15, -0.1) is 24.0 Å². The van der Waals surface area contributed by atoms with Crippen LogP contribution in [-0.2, 0) is 11.8 Å². The molecule has 130 valence electrons. The predicted octanol–water partition coefficient (Wildman–Crippen LogP) is 3.26. The smallest absolute Gasteiger partial charge is 0.188 e. The standard InChI is InChI=1S/C18H23FN4.HI/c1-18(2,14-6-8-15(19)9-7-14)13-23-17(20)22-12-10-16-5-3-4-11-21-16;/h3-9,11H,10,12-13H2,1-2H3,(H3,20,22,23);1H. The summed E-state index contributed by atoms with van der Waals surface area (Å²) in [6.07, 6.45) is 2.57. The van der Waals surface area contributed by atoms with Crippen LogP contribution >= 0.6 is 24.0 Å². The Labute approximate surface area is 159 Å². The van der Waals surface area contributed by atoms with E-state index in [0.717, 1.165) is 17.7 Å². The Hall–Kier alpha value is -1.70. The van der Waals surface area contributed by atoms with Gasteiger partial charge in [0.2, 0.25) is 0 Å². The van der Waals surface area contributed by atoms with Crippen molar-refractivity contribution in [2.24, 2.45) is 10.7 Å². The molecule has 0 radical (unpaired) electrons. The molecule has 3 N–H and O–H groups in total. The second kappa shape index (κ2) is 9.56. The maximum Gasteiger partial charge on any atom is 0.188 e. The van der Waals surface area contributed by atoms with E-state index in [0.29, 0.717) is 19.0 Å². The molecule has 0 amide bonds. The van der Waals surface area contributed by atoms with Crippen LogP contribution in [0.3, 0.4) is 0 Å². The lowest BCUT2D eigenvalue weighted by Gasteiger charge is -2.23. The van der Waals surface area contributed by atoms with Crippen molar-refractivity contribution < 1.29 is 4.39 Å². The van der Waals surface area contributed by atoms with Crippen LogP contribution in [0.25, 0.3) is 0 Å². The summed E-state index contributed by atoms with van der Waals surface area (Å²) in [7, 11) is 0. The van der Waals surface area contributed by atoms with Gasteiger partial charge in [-0.2, -0.15) is 0 Å². The lowest BCUT2D eigenvalue weighted by molar-refractivity contribution is 0.536. The highest BCUT2D eigenvalue weighted by Crippen LogP contribution is 2.23. The molecular formula is C18H24FIN4. The van der Waals surface area contributed by atoms with Gasteiger partial charge < -0.3 is 11.1 Å². The Morgan fingerprint density at radius 2 is 1.92 bits per heavy atom. The molecule has 0 spiro atoms. The fourth-order valence-corrected chi connectivity index (χ4v) is 2.20. The van der Waals surface area contributed by atoms with Crippen molar-refractivity contribution in [3.8, 4) is 0 Å². The Kier molecular flexibility index (Phi) is 8.10. The van der Waals surface area contributed by atoms with Crippen molar-refractivity contribution in [1.29, 1.82) is 0 Å². The molecule has 0 aliphatic heterocycles. The molecule has 0 aliphatic rings. The second-order valence-electron chi connectivity index (χ2n) is 6.09. The molecule has 0 bridgehead atoms. The van der Waals surface area contributed by atoms with Crippen LogP contribution in [0.5, 0.6) is 0 Å². The lowest BCUT2D eigenvalue weighted by atomic mass is 9.85. The first-order valence-electron chi connectivity index (χ1n) is 7.67. The molecule has 4 nitrogen and oxygen atoms in total. The Morgan fingerprint density at radius 1 is 1.21 bits per heavy atom. The molecule has 2 rings (SSSR count). The molecule has 24 heavy (non-hydrogen) atoms. The number of guanidine groups is 1. The number of nitrogens with one attached hydrogen (secondary N) is 1. The number of aliphatic imine (C=N–C) groups is 1. The zero-order chi connectivity index (χ0) is 16.7. The predicted molar refractivity (Wildman–Crippen MR) is 107 cm³/mol.